The van der Waals surface area contributed by atoms with Crippen molar-refractivity contribution in [1.29, 1.82) is 0 Å². The minimum absolute atomic E-state index is 0.322. The quantitative estimate of drug-likeness (QED) is 0.899. The van der Waals surface area contributed by atoms with E-state index in [1.807, 2.05) is 6.07 Å². The zero-order valence-corrected chi connectivity index (χ0v) is 14.5. The summed E-state index contributed by atoms with van der Waals surface area (Å²) in [6.45, 7) is 4.08. The number of aromatic carboxylic acids is 1. The van der Waals surface area contributed by atoms with E-state index in [0.717, 1.165) is 44.1 Å². The van der Waals surface area contributed by atoms with Gasteiger partial charge in [0.1, 0.15) is 5.82 Å². The normalized spacial score (nSPS) is 15.5. The van der Waals surface area contributed by atoms with Crippen molar-refractivity contribution >= 4 is 35.0 Å². The van der Waals surface area contributed by atoms with E-state index in [9.17, 15) is 4.79 Å². The van der Waals surface area contributed by atoms with E-state index in [0.29, 0.717) is 15.6 Å². The first kappa shape index (κ1) is 17.0. The van der Waals surface area contributed by atoms with E-state index in [4.69, 9.17) is 28.3 Å². The molecule has 5 nitrogen and oxygen atoms in total. The van der Waals surface area contributed by atoms with E-state index in [2.05, 4.69) is 14.8 Å². The summed E-state index contributed by atoms with van der Waals surface area (Å²) < 4.78 is 0. The Balaban J connectivity index is 1.61. The maximum atomic E-state index is 11.1. The fourth-order valence-electron chi connectivity index (χ4n) is 2.82. The molecule has 0 radical (unpaired) electrons. The van der Waals surface area contributed by atoms with Crippen LogP contribution >= 0.6 is 23.2 Å². The summed E-state index contributed by atoms with van der Waals surface area (Å²) >= 11 is 12.1. The highest BCUT2D eigenvalue weighted by Crippen LogP contribution is 2.27. The number of benzene rings is 1. The highest BCUT2D eigenvalue weighted by Gasteiger charge is 2.20. The average molecular weight is 366 g/mol. The van der Waals surface area contributed by atoms with Gasteiger partial charge in [0, 0.05) is 38.9 Å². The van der Waals surface area contributed by atoms with Crippen molar-refractivity contribution in [1.82, 2.24) is 9.88 Å². The lowest BCUT2D eigenvalue weighted by Crippen LogP contribution is -2.46. The van der Waals surface area contributed by atoms with Crippen molar-refractivity contribution in [3.63, 3.8) is 0 Å². The standard InChI is InChI=1S/C17H17Cl2N3O2/c18-14-9-15(19)16(20-10-14)22-6-4-21(5-7-22)11-12-2-1-3-13(8-12)17(23)24/h1-3,8-10H,4-7,11H2,(H,23,24). The molecule has 1 saturated heterocycles. The lowest BCUT2D eigenvalue weighted by Gasteiger charge is -2.35. The second-order valence-electron chi connectivity index (χ2n) is 5.73. The first-order valence-electron chi connectivity index (χ1n) is 7.63. The van der Waals surface area contributed by atoms with E-state index in [-0.39, 0.29) is 0 Å². The highest BCUT2D eigenvalue weighted by atomic mass is 35.5. The van der Waals surface area contributed by atoms with Crippen LogP contribution in [0.4, 0.5) is 5.82 Å². The third-order valence-corrected chi connectivity index (χ3v) is 4.53. The third kappa shape index (κ3) is 3.98. The van der Waals surface area contributed by atoms with Crippen LogP contribution in [0.1, 0.15) is 15.9 Å². The molecule has 0 spiro atoms. The van der Waals surface area contributed by atoms with Crippen molar-refractivity contribution in [2.75, 3.05) is 31.1 Å². The van der Waals surface area contributed by atoms with Gasteiger partial charge in [0.05, 0.1) is 15.6 Å². The molecule has 24 heavy (non-hydrogen) atoms. The molecule has 2 heterocycles. The van der Waals surface area contributed by atoms with Gasteiger partial charge in [-0.25, -0.2) is 9.78 Å². The number of hydrogen-bond donors (Lipinski definition) is 1. The predicted octanol–water partition coefficient (Wildman–Crippen LogP) is 3.41. The van der Waals surface area contributed by atoms with Crippen molar-refractivity contribution in [2.24, 2.45) is 0 Å². The molecule has 126 valence electrons. The Hall–Kier alpha value is -1.82. The molecule has 2 aromatic rings. The molecule has 1 N–H and O–H groups in total. The molecular weight excluding hydrogens is 349 g/mol. The third-order valence-electron chi connectivity index (χ3n) is 4.04. The second kappa shape index (κ2) is 7.38. The minimum atomic E-state index is -0.898. The van der Waals surface area contributed by atoms with E-state index in [1.54, 1.807) is 30.5 Å². The van der Waals surface area contributed by atoms with Crippen molar-refractivity contribution in [2.45, 2.75) is 6.54 Å². The van der Waals surface area contributed by atoms with Crippen molar-refractivity contribution in [3.8, 4) is 0 Å². The van der Waals surface area contributed by atoms with Crippen LogP contribution in [-0.4, -0.2) is 47.1 Å². The van der Waals surface area contributed by atoms with Crippen molar-refractivity contribution in [3.05, 3.63) is 57.7 Å². The number of carbonyl (C=O) groups is 1. The van der Waals surface area contributed by atoms with Gasteiger partial charge in [0.2, 0.25) is 0 Å². The monoisotopic (exact) mass is 365 g/mol. The summed E-state index contributed by atoms with van der Waals surface area (Å²) in [6.07, 6.45) is 1.60. The predicted molar refractivity (Wildman–Crippen MR) is 95.1 cm³/mol. The van der Waals surface area contributed by atoms with Crippen molar-refractivity contribution < 1.29 is 9.90 Å². The molecule has 0 aliphatic carbocycles. The Kier molecular flexibility index (Phi) is 5.23. The second-order valence-corrected chi connectivity index (χ2v) is 6.57. The Labute approximate surface area is 150 Å². The summed E-state index contributed by atoms with van der Waals surface area (Å²) in [7, 11) is 0. The molecule has 1 aliphatic rings. The topological polar surface area (TPSA) is 56.7 Å². The molecule has 1 aromatic heterocycles. The Morgan fingerprint density at radius 3 is 2.58 bits per heavy atom. The van der Waals surface area contributed by atoms with Gasteiger partial charge >= 0.3 is 5.97 Å². The Morgan fingerprint density at radius 2 is 1.92 bits per heavy atom. The molecule has 0 amide bonds. The molecule has 0 saturated carbocycles. The molecule has 0 bridgehead atoms. The van der Waals surface area contributed by atoms with Gasteiger partial charge in [0.25, 0.3) is 0 Å². The summed E-state index contributed by atoms with van der Waals surface area (Å²) in [5, 5.41) is 10.2. The van der Waals surface area contributed by atoms with Gasteiger partial charge in [0.15, 0.2) is 0 Å². The van der Waals surface area contributed by atoms with Crippen LogP contribution in [0.2, 0.25) is 10.0 Å². The van der Waals surface area contributed by atoms with E-state index < -0.39 is 5.97 Å². The lowest BCUT2D eigenvalue weighted by molar-refractivity contribution is 0.0696. The van der Waals surface area contributed by atoms with Gasteiger partial charge in [-0.1, -0.05) is 35.3 Å². The number of rotatable bonds is 4. The SMILES string of the molecule is O=C(O)c1cccc(CN2CCN(c3ncc(Cl)cc3Cl)CC2)c1. The molecule has 1 aromatic carbocycles. The molecule has 3 rings (SSSR count). The number of anilines is 1. The number of carboxylic acid groups (broad SMARTS) is 1. The number of pyridine rings is 1. The first-order valence-corrected chi connectivity index (χ1v) is 8.39. The highest BCUT2D eigenvalue weighted by molar-refractivity contribution is 6.36. The fraction of sp³-hybridized carbons (Fsp3) is 0.294. The van der Waals surface area contributed by atoms with Gasteiger partial charge in [-0.3, -0.25) is 4.90 Å². The number of piperazine rings is 1. The van der Waals surface area contributed by atoms with Crippen LogP contribution in [0.5, 0.6) is 0 Å². The zero-order valence-electron chi connectivity index (χ0n) is 13.0. The largest absolute Gasteiger partial charge is 0.478 e. The number of carboxylic acids is 1. The van der Waals surface area contributed by atoms with Gasteiger partial charge in [-0.2, -0.15) is 0 Å². The van der Waals surface area contributed by atoms with Gasteiger partial charge in [-0.05, 0) is 23.8 Å². The summed E-state index contributed by atoms with van der Waals surface area (Å²) in [4.78, 5) is 19.8. The number of hydrogen-bond acceptors (Lipinski definition) is 4. The number of nitrogens with zero attached hydrogens (tertiary/aromatic N) is 3. The van der Waals surface area contributed by atoms with Crippen LogP contribution in [0.15, 0.2) is 36.5 Å². The molecule has 0 unspecified atom stereocenters. The smallest absolute Gasteiger partial charge is 0.335 e. The van der Waals surface area contributed by atoms with E-state index in [1.165, 1.54) is 0 Å². The van der Waals surface area contributed by atoms with E-state index >= 15 is 0 Å². The molecule has 1 aliphatic heterocycles. The maximum absolute atomic E-state index is 11.1. The molecular formula is C17H17Cl2N3O2. The fourth-order valence-corrected chi connectivity index (χ4v) is 3.32. The van der Waals surface area contributed by atoms with Crippen LogP contribution in [0.25, 0.3) is 0 Å². The number of aromatic nitrogens is 1. The summed E-state index contributed by atoms with van der Waals surface area (Å²) in [5.74, 6) is -0.140. The van der Waals surface area contributed by atoms with Gasteiger partial charge in [-0.15, -0.1) is 0 Å². The molecule has 1 fully saturated rings. The summed E-state index contributed by atoms with van der Waals surface area (Å²) in [6, 6.07) is 8.78. The molecule has 7 heteroatoms. The maximum Gasteiger partial charge on any atom is 0.335 e. The van der Waals surface area contributed by atoms with Gasteiger partial charge < -0.3 is 10.0 Å². The van der Waals surface area contributed by atoms with Crippen LogP contribution < -0.4 is 4.90 Å². The molecule has 0 atom stereocenters. The first-order chi connectivity index (χ1) is 11.5. The lowest BCUT2D eigenvalue weighted by atomic mass is 10.1. The van der Waals surface area contributed by atoms with Crippen LogP contribution in [0.3, 0.4) is 0 Å². The van der Waals surface area contributed by atoms with Crippen LogP contribution in [0, 0.1) is 0 Å². The minimum Gasteiger partial charge on any atom is -0.478 e. The average Bonchev–Trinajstić information content (AvgIpc) is 2.56. The Morgan fingerprint density at radius 1 is 1.17 bits per heavy atom. The number of halogens is 2. The summed E-state index contributed by atoms with van der Waals surface area (Å²) in [5.41, 5.74) is 1.33. The zero-order chi connectivity index (χ0) is 17.1. The van der Waals surface area contributed by atoms with Crippen LogP contribution in [-0.2, 0) is 6.54 Å². The Bertz CT molecular complexity index is 746.